The van der Waals surface area contributed by atoms with Crippen molar-refractivity contribution in [1.82, 2.24) is 15.3 Å². The summed E-state index contributed by atoms with van der Waals surface area (Å²) >= 11 is 0. The number of hydrogen-bond donors (Lipinski definition) is 3. The zero-order valence-electron chi connectivity index (χ0n) is 22.2. The van der Waals surface area contributed by atoms with E-state index in [-0.39, 0.29) is 11.9 Å². The molecule has 3 heterocycles. The molecule has 2 unspecified atom stereocenters. The van der Waals surface area contributed by atoms with E-state index in [4.69, 9.17) is 4.98 Å². The Morgan fingerprint density at radius 1 is 1.03 bits per heavy atom. The number of amides is 1. The number of aromatic nitrogens is 2. The predicted molar refractivity (Wildman–Crippen MR) is 143 cm³/mol. The van der Waals surface area contributed by atoms with Gasteiger partial charge in [-0.05, 0) is 94.4 Å². The molecular weight excluding hydrogens is 466 g/mol. The van der Waals surface area contributed by atoms with Crippen molar-refractivity contribution in [2.75, 3.05) is 36.0 Å². The van der Waals surface area contributed by atoms with E-state index >= 15 is 0 Å². The first kappa shape index (κ1) is 24.6. The van der Waals surface area contributed by atoms with Crippen molar-refractivity contribution >= 4 is 17.4 Å². The molecule has 0 radical (unpaired) electrons. The molecular formula is C29H39N5O3. The average Bonchev–Trinajstić information content (AvgIpc) is 2.85. The Kier molecular flexibility index (Phi) is 5.95. The van der Waals surface area contributed by atoms with E-state index in [9.17, 15) is 15.0 Å². The van der Waals surface area contributed by atoms with Crippen LogP contribution in [0.4, 0.5) is 11.5 Å². The van der Waals surface area contributed by atoms with Crippen LogP contribution in [0.15, 0.2) is 30.5 Å². The van der Waals surface area contributed by atoms with E-state index < -0.39 is 11.2 Å². The van der Waals surface area contributed by atoms with Crippen LogP contribution < -0.4 is 15.1 Å². The van der Waals surface area contributed by atoms with Crippen molar-refractivity contribution in [3.63, 3.8) is 0 Å². The number of nitrogens with one attached hydrogen (secondary N) is 1. The summed E-state index contributed by atoms with van der Waals surface area (Å²) in [5.74, 6) is 2.16. The monoisotopic (exact) mass is 505 g/mol. The maximum Gasteiger partial charge on any atom is 0.270 e. The van der Waals surface area contributed by atoms with Gasteiger partial charge in [0.15, 0.2) is 0 Å². The Labute approximate surface area is 219 Å². The van der Waals surface area contributed by atoms with Gasteiger partial charge in [0.25, 0.3) is 5.91 Å². The lowest BCUT2D eigenvalue weighted by atomic mass is 9.52. The Bertz CT molecular complexity index is 1150. The van der Waals surface area contributed by atoms with Crippen LogP contribution in [0.3, 0.4) is 0 Å². The van der Waals surface area contributed by atoms with E-state index in [1.807, 2.05) is 37.4 Å². The summed E-state index contributed by atoms with van der Waals surface area (Å²) in [5.41, 5.74) is 1.80. The summed E-state index contributed by atoms with van der Waals surface area (Å²) in [6.07, 6.45) is 6.66. The molecule has 2 aromatic rings. The van der Waals surface area contributed by atoms with Gasteiger partial charge in [0, 0.05) is 32.2 Å². The molecule has 5 fully saturated rings. The largest absolute Gasteiger partial charge is 0.390 e. The lowest BCUT2D eigenvalue weighted by Crippen LogP contribution is -2.61. The molecule has 8 nitrogen and oxygen atoms in total. The Morgan fingerprint density at radius 3 is 2.30 bits per heavy atom. The highest BCUT2D eigenvalue weighted by Crippen LogP contribution is 2.55. The molecule has 1 saturated heterocycles. The fraction of sp³-hybridized carbons (Fsp3) is 0.621. The van der Waals surface area contributed by atoms with Gasteiger partial charge < -0.3 is 25.3 Å². The van der Waals surface area contributed by atoms with E-state index in [2.05, 4.69) is 20.1 Å². The third-order valence-electron chi connectivity index (χ3n) is 9.16. The third-order valence-corrected chi connectivity index (χ3v) is 9.16. The maximum absolute atomic E-state index is 13.3. The van der Waals surface area contributed by atoms with Gasteiger partial charge in [0.1, 0.15) is 17.1 Å². The minimum Gasteiger partial charge on any atom is -0.390 e. The van der Waals surface area contributed by atoms with E-state index in [1.165, 1.54) is 0 Å². The van der Waals surface area contributed by atoms with Crippen LogP contribution in [0.1, 0.15) is 67.7 Å². The lowest BCUT2D eigenvalue weighted by Gasteiger charge is -2.58. The average molecular weight is 506 g/mol. The van der Waals surface area contributed by atoms with Crippen molar-refractivity contribution in [3.05, 3.63) is 47.4 Å². The van der Waals surface area contributed by atoms with E-state index in [1.54, 1.807) is 13.8 Å². The van der Waals surface area contributed by atoms with Crippen molar-refractivity contribution in [1.29, 1.82) is 0 Å². The number of piperazine rings is 1. The zero-order chi connectivity index (χ0) is 25.9. The van der Waals surface area contributed by atoms with Gasteiger partial charge in [-0.25, -0.2) is 4.98 Å². The van der Waals surface area contributed by atoms with Crippen LogP contribution in [0, 0.1) is 24.7 Å². The molecule has 0 aromatic carbocycles. The molecule has 37 heavy (non-hydrogen) atoms. The van der Waals surface area contributed by atoms with Crippen LogP contribution in [-0.2, 0) is 5.60 Å². The van der Waals surface area contributed by atoms with Gasteiger partial charge in [-0.15, -0.1) is 0 Å². The molecule has 4 saturated carbocycles. The molecule has 4 bridgehead atoms. The van der Waals surface area contributed by atoms with Crippen LogP contribution in [0.2, 0.25) is 0 Å². The van der Waals surface area contributed by atoms with Gasteiger partial charge in [0.2, 0.25) is 0 Å². The Morgan fingerprint density at radius 2 is 1.70 bits per heavy atom. The summed E-state index contributed by atoms with van der Waals surface area (Å²) in [7, 11) is 0. The van der Waals surface area contributed by atoms with Crippen molar-refractivity contribution in [2.24, 2.45) is 17.8 Å². The number of hydrogen-bond acceptors (Lipinski definition) is 7. The number of aryl methyl sites for hydroxylation is 1. The van der Waals surface area contributed by atoms with E-state index in [0.717, 1.165) is 75.4 Å². The fourth-order valence-corrected chi connectivity index (χ4v) is 7.52. The first-order valence-electron chi connectivity index (χ1n) is 13.8. The Hall–Kier alpha value is -2.71. The van der Waals surface area contributed by atoms with Crippen molar-refractivity contribution < 1.29 is 15.0 Å². The summed E-state index contributed by atoms with van der Waals surface area (Å²) in [5, 5.41) is 24.4. The third kappa shape index (κ3) is 4.70. The number of anilines is 2. The molecule has 2 aromatic heterocycles. The summed E-state index contributed by atoms with van der Waals surface area (Å²) < 4.78 is 0. The second-order valence-electron chi connectivity index (χ2n) is 12.5. The SMILES string of the molecule is Cc1ccc(C(=O)N[C@H]2C3CC4CC2C[C@](O)(C4)C3)nc1N1CCN(c2ccc(C(C)(C)O)nc2)CC1. The van der Waals surface area contributed by atoms with Gasteiger partial charge in [-0.3, -0.25) is 9.78 Å². The summed E-state index contributed by atoms with van der Waals surface area (Å²) in [4.78, 5) is 27.2. The quantitative estimate of drug-likeness (QED) is 0.574. The summed E-state index contributed by atoms with van der Waals surface area (Å²) in [6, 6.07) is 7.90. The summed E-state index contributed by atoms with van der Waals surface area (Å²) in [6.45, 7) is 8.80. The van der Waals surface area contributed by atoms with Crippen LogP contribution >= 0.6 is 0 Å². The molecule has 0 spiro atoms. The van der Waals surface area contributed by atoms with Gasteiger partial charge in [-0.1, -0.05) is 6.07 Å². The predicted octanol–water partition coefficient (Wildman–Crippen LogP) is 3.01. The first-order valence-corrected chi connectivity index (χ1v) is 13.8. The topological polar surface area (TPSA) is 102 Å². The minimum absolute atomic E-state index is 0.0951. The minimum atomic E-state index is -0.950. The molecule has 2 atom stereocenters. The smallest absolute Gasteiger partial charge is 0.270 e. The molecule has 7 rings (SSSR count). The molecule has 1 aliphatic heterocycles. The lowest BCUT2D eigenvalue weighted by molar-refractivity contribution is -0.136. The Balaban J connectivity index is 1.11. The van der Waals surface area contributed by atoms with Gasteiger partial charge >= 0.3 is 0 Å². The molecule has 198 valence electrons. The number of nitrogens with zero attached hydrogens (tertiary/aromatic N) is 4. The van der Waals surface area contributed by atoms with E-state index in [0.29, 0.717) is 29.1 Å². The highest BCUT2D eigenvalue weighted by Gasteiger charge is 2.55. The molecule has 3 N–H and O–H groups in total. The molecule has 5 aliphatic rings. The molecule has 1 amide bonds. The number of pyridine rings is 2. The standard InChI is InChI=1S/C29H39N5O3/c1-18-4-6-23(27(35)32-25-20-12-19-13-21(25)16-29(37,14-19)15-20)31-26(18)34-10-8-33(9-11-34)22-5-7-24(30-17-22)28(2,3)36/h4-7,17,19-21,25,36-37H,8-16H2,1-3H3,(H,32,35)/t19?,20?,21?,25-,29-. The van der Waals surface area contributed by atoms with Crippen LogP contribution in [0.5, 0.6) is 0 Å². The number of rotatable bonds is 5. The highest BCUT2D eigenvalue weighted by atomic mass is 16.3. The van der Waals surface area contributed by atoms with Crippen molar-refractivity contribution in [2.45, 2.75) is 70.1 Å². The van der Waals surface area contributed by atoms with Gasteiger partial charge in [-0.2, -0.15) is 0 Å². The highest BCUT2D eigenvalue weighted by molar-refractivity contribution is 5.93. The van der Waals surface area contributed by atoms with Gasteiger partial charge in [0.05, 0.1) is 23.2 Å². The molecule has 8 heteroatoms. The molecule has 4 aliphatic carbocycles. The zero-order valence-corrected chi connectivity index (χ0v) is 22.2. The second-order valence-corrected chi connectivity index (χ2v) is 12.5. The number of carbonyl (C=O) groups excluding carboxylic acids is 1. The number of carbonyl (C=O) groups is 1. The van der Waals surface area contributed by atoms with Crippen LogP contribution in [-0.4, -0.2) is 63.9 Å². The first-order chi connectivity index (χ1) is 17.6. The van der Waals surface area contributed by atoms with Crippen LogP contribution in [0.25, 0.3) is 0 Å². The van der Waals surface area contributed by atoms with Crippen molar-refractivity contribution in [3.8, 4) is 0 Å². The maximum atomic E-state index is 13.3. The fourth-order valence-electron chi connectivity index (χ4n) is 7.52. The second kappa shape index (κ2) is 8.95. The normalized spacial score (nSPS) is 31.1. The number of aliphatic hydroxyl groups is 2.